The van der Waals surface area contributed by atoms with E-state index in [1.54, 1.807) is 6.08 Å². The lowest BCUT2D eigenvalue weighted by Gasteiger charge is -2.19. The third-order valence-corrected chi connectivity index (χ3v) is 1.79. The number of rotatable bonds is 6. The van der Waals surface area contributed by atoms with Crippen LogP contribution in [-0.4, -0.2) is 17.8 Å². The number of aliphatic hydroxyl groups excluding tert-OH is 1. The third-order valence-electron chi connectivity index (χ3n) is 1.79. The first-order chi connectivity index (χ1) is 6.61. The summed E-state index contributed by atoms with van der Waals surface area (Å²) in [5, 5.41) is 17.5. The molecule has 0 bridgehead atoms. The van der Waals surface area contributed by atoms with E-state index in [4.69, 9.17) is 10.1 Å². The standard InChI is InChI=1S/C10H16N2O2/c1-4-5-14-10(8(2)3)6-9(13)7-12-11/h4,7-8,10H,1,5-6H2,2-3H3/p+1/b9-7-. The molecular weight excluding hydrogens is 180 g/mol. The molecule has 4 nitrogen and oxygen atoms in total. The van der Waals surface area contributed by atoms with E-state index in [2.05, 4.69) is 11.6 Å². The number of hydrogen-bond donors (Lipinski definition) is 1. The highest BCUT2D eigenvalue weighted by Crippen LogP contribution is 2.15. The van der Waals surface area contributed by atoms with Gasteiger partial charge < -0.3 is 9.84 Å². The average molecular weight is 197 g/mol. The Balaban J connectivity index is 4.16. The van der Waals surface area contributed by atoms with Gasteiger partial charge in [-0.3, -0.25) is 0 Å². The van der Waals surface area contributed by atoms with Gasteiger partial charge in [-0.2, -0.15) is 0 Å². The lowest BCUT2D eigenvalue weighted by atomic mass is 10.0. The van der Waals surface area contributed by atoms with Gasteiger partial charge in [0.1, 0.15) is 0 Å². The van der Waals surface area contributed by atoms with Crippen LogP contribution < -0.4 is 0 Å². The Hall–Kier alpha value is -1.34. The second-order valence-corrected chi connectivity index (χ2v) is 3.34. The Morgan fingerprint density at radius 1 is 1.64 bits per heavy atom. The molecule has 0 aliphatic rings. The third kappa shape index (κ3) is 5.33. The van der Waals surface area contributed by atoms with Gasteiger partial charge in [0.25, 0.3) is 0 Å². The average Bonchev–Trinajstić information content (AvgIpc) is 2.12. The molecule has 78 valence electrons. The van der Waals surface area contributed by atoms with Crippen LogP contribution in [0.3, 0.4) is 0 Å². The molecule has 4 heteroatoms. The molecule has 0 fully saturated rings. The smallest absolute Gasteiger partial charge is 0.387 e. The minimum Gasteiger partial charge on any atom is -0.505 e. The van der Waals surface area contributed by atoms with Crippen molar-refractivity contribution in [3.05, 3.63) is 29.6 Å². The number of aliphatic hydroxyl groups is 1. The highest BCUT2D eigenvalue weighted by Gasteiger charge is 2.16. The van der Waals surface area contributed by atoms with Gasteiger partial charge in [0.2, 0.25) is 5.39 Å². The molecule has 1 atom stereocenters. The lowest BCUT2D eigenvalue weighted by Crippen LogP contribution is -2.20. The summed E-state index contributed by atoms with van der Waals surface area (Å²) in [7, 11) is 0. The van der Waals surface area contributed by atoms with Crippen molar-refractivity contribution in [3.8, 4) is 0 Å². The highest BCUT2D eigenvalue weighted by atomic mass is 16.5. The summed E-state index contributed by atoms with van der Waals surface area (Å²) in [6, 6.07) is 0. The van der Waals surface area contributed by atoms with Gasteiger partial charge in [-0.05, 0) is 5.92 Å². The largest absolute Gasteiger partial charge is 0.505 e. The van der Waals surface area contributed by atoms with Crippen LogP contribution in [0.1, 0.15) is 20.3 Å². The molecule has 0 amide bonds. The molecule has 0 saturated carbocycles. The number of ether oxygens (including phenoxy) is 1. The van der Waals surface area contributed by atoms with Crippen LogP contribution in [0.15, 0.2) is 24.6 Å². The number of nitrogens with zero attached hydrogens (tertiary/aromatic N) is 2. The molecule has 0 heterocycles. The van der Waals surface area contributed by atoms with E-state index in [-0.39, 0.29) is 17.8 Å². The predicted octanol–water partition coefficient (Wildman–Crippen LogP) is 2.86. The van der Waals surface area contributed by atoms with E-state index in [1.165, 1.54) is 0 Å². The van der Waals surface area contributed by atoms with Gasteiger partial charge >= 0.3 is 6.20 Å². The molecule has 0 rings (SSSR count). The zero-order valence-electron chi connectivity index (χ0n) is 8.68. The summed E-state index contributed by atoms with van der Waals surface area (Å²) in [6.45, 7) is 7.99. The van der Waals surface area contributed by atoms with Gasteiger partial charge in [0, 0.05) is 6.42 Å². The van der Waals surface area contributed by atoms with Crippen LogP contribution in [0, 0.1) is 11.3 Å². The Labute approximate surface area is 84.5 Å². The predicted molar refractivity (Wildman–Crippen MR) is 55.2 cm³/mol. The van der Waals surface area contributed by atoms with Gasteiger partial charge in [-0.25, -0.2) is 0 Å². The molecule has 0 aromatic rings. The summed E-state index contributed by atoms with van der Waals surface area (Å²) < 4.78 is 5.43. The summed E-state index contributed by atoms with van der Waals surface area (Å²) in [6.07, 6.45) is 2.92. The number of diazo groups is 1. The first-order valence-corrected chi connectivity index (χ1v) is 4.56. The van der Waals surface area contributed by atoms with E-state index in [0.717, 1.165) is 6.20 Å². The van der Waals surface area contributed by atoms with Crippen LogP contribution in [0.5, 0.6) is 0 Å². The summed E-state index contributed by atoms with van der Waals surface area (Å²) in [5.41, 5.74) is 0. The maximum Gasteiger partial charge on any atom is 0.387 e. The first-order valence-electron chi connectivity index (χ1n) is 4.56. The molecule has 0 aromatic carbocycles. The fourth-order valence-electron chi connectivity index (χ4n) is 1.00. The summed E-state index contributed by atoms with van der Waals surface area (Å²) in [5.74, 6) is 0.291. The van der Waals surface area contributed by atoms with Crippen molar-refractivity contribution >= 4 is 0 Å². The van der Waals surface area contributed by atoms with E-state index in [9.17, 15) is 5.11 Å². The second-order valence-electron chi connectivity index (χ2n) is 3.34. The molecule has 0 saturated heterocycles. The van der Waals surface area contributed by atoms with Crippen molar-refractivity contribution in [3.63, 3.8) is 0 Å². The fourth-order valence-corrected chi connectivity index (χ4v) is 1.00. The lowest BCUT2D eigenvalue weighted by molar-refractivity contribution is 0.0339. The van der Waals surface area contributed by atoms with Crippen molar-refractivity contribution in [1.82, 2.24) is 0 Å². The minimum absolute atomic E-state index is 0.00950. The van der Waals surface area contributed by atoms with Gasteiger partial charge in [0.15, 0.2) is 10.7 Å². The van der Waals surface area contributed by atoms with Crippen LogP contribution in [0.2, 0.25) is 0 Å². The maximum atomic E-state index is 9.27. The molecule has 0 spiro atoms. The highest BCUT2D eigenvalue weighted by molar-refractivity contribution is 4.97. The Bertz CT molecular complexity index is 241. The summed E-state index contributed by atoms with van der Waals surface area (Å²) in [4.78, 5) is 2.74. The van der Waals surface area contributed by atoms with E-state index in [0.29, 0.717) is 13.0 Å². The van der Waals surface area contributed by atoms with E-state index < -0.39 is 0 Å². The molecule has 14 heavy (non-hydrogen) atoms. The van der Waals surface area contributed by atoms with Crippen molar-refractivity contribution in [2.75, 3.05) is 6.61 Å². The quantitative estimate of drug-likeness (QED) is 0.404. The van der Waals surface area contributed by atoms with Crippen LogP contribution >= 0.6 is 0 Å². The molecule has 0 aliphatic heterocycles. The van der Waals surface area contributed by atoms with Crippen LogP contribution in [0.25, 0.3) is 4.98 Å². The topological polar surface area (TPSA) is 57.6 Å². The molecular formula is C10H17N2O2+. The number of hydrogen-bond acceptors (Lipinski definition) is 3. The zero-order chi connectivity index (χ0) is 11.0. The molecule has 1 N–H and O–H groups in total. The van der Waals surface area contributed by atoms with Gasteiger partial charge in [-0.15, -0.1) is 6.58 Å². The minimum atomic E-state index is -0.0917. The fraction of sp³-hybridized carbons (Fsp3) is 0.600. The van der Waals surface area contributed by atoms with Crippen LogP contribution in [0.4, 0.5) is 0 Å². The molecule has 0 aliphatic carbocycles. The zero-order valence-corrected chi connectivity index (χ0v) is 8.68. The second kappa shape index (κ2) is 7.10. The van der Waals surface area contributed by atoms with Gasteiger partial charge in [0.05, 0.1) is 12.7 Å². The normalized spacial score (nSPS) is 13.7. The van der Waals surface area contributed by atoms with Crippen molar-refractivity contribution in [2.45, 2.75) is 26.4 Å². The molecule has 0 aromatic heterocycles. The van der Waals surface area contributed by atoms with E-state index >= 15 is 0 Å². The summed E-state index contributed by atoms with van der Waals surface area (Å²) >= 11 is 0. The SMILES string of the molecule is C=CCOC(C/C(O)=C/[N+]#N)C(C)C. The monoisotopic (exact) mass is 197 g/mol. The Morgan fingerprint density at radius 3 is 2.71 bits per heavy atom. The van der Waals surface area contributed by atoms with Crippen molar-refractivity contribution < 1.29 is 9.84 Å². The first kappa shape index (κ1) is 12.7. The van der Waals surface area contributed by atoms with Crippen molar-refractivity contribution in [2.24, 2.45) is 5.92 Å². The van der Waals surface area contributed by atoms with Crippen molar-refractivity contribution in [1.29, 1.82) is 5.39 Å². The molecule has 0 radical (unpaired) electrons. The Kier molecular flexibility index (Phi) is 6.42. The maximum absolute atomic E-state index is 9.27. The van der Waals surface area contributed by atoms with E-state index in [1.807, 2.05) is 13.8 Å². The van der Waals surface area contributed by atoms with Gasteiger partial charge in [-0.1, -0.05) is 19.9 Å². The van der Waals surface area contributed by atoms with Crippen LogP contribution in [-0.2, 0) is 4.74 Å². The Morgan fingerprint density at radius 2 is 2.29 bits per heavy atom. The molecule has 1 unspecified atom stereocenters.